The van der Waals surface area contributed by atoms with Gasteiger partial charge in [-0.1, -0.05) is 50.6 Å². The molecule has 0 aliphatic heterocycles. The van der Waals surface area contributed by atoms with Gasteiger partial charge >= 0.3 is 0 Å². The number of amides is 1. The van der Waals surface area contributed by atoms with Crippen LogP contribution in [-0.2, 0) is 0 Å². The van der Waals surface area contributed by atoms with Crippen LogP contribution in [0.5, 0.6) is 0 Å². The van der Waals surface area contributed by atoms with Crippen molar-refractivity contribution in [3.8, 4) is 0 Å². The molecule has 2 nitrogen and oxygen atoms in total. The molecular weight excluding hydrogens is 258 g/mol. The number of carbonyl (C=O) groups is 1. The van der Waals surface area contributed by atoms with Gasteiger partial charge in [-0.25, -0.2) is 0 Å². The fourth-order valence-electron chi connectivity index (χ4n) is 2.59. The van der Waals surface area contributed by atoms with Crippen molar-refractivity contribution in [3.05, 3.63) is 65.7 Å². The number of hydrogen-bond donors (Lipinski definition) is 1. The zero-order chi connectivity index (χ0) is 15.1. The Balaban J connectivity index is 2.04. The van der Waals surface area contributed by atoms with Gasteiger partial charge in [-0.05, 0) is 48.6 Å². The van der Waals surface area contributed by atoms with Gasteiger partial charge in [0.05, 0.1) is 0 Å². The van der Waals surface area contributed by atoms with Gasteiger partial charge in [0.25, 0.3) is 5.91 Å². The third-order valence-electron chi connectivity index (χ3n) is 3.81. The zero-order valence-corrected chi connectivity index (χ0v) is 12.8. The molecular formula is C19H23NO. The van der Waals surface area contributed by atoms with E-state index in [2.05, 4.69) is 31.3 Å². The summed E-state index contributed by atoms with van der Waals surface area (Å²) >= 11 is 0. The van der Waals surface area contributed by atoms with Gasteiger partial charge in [0.1, 0.15) is 0 Å². The fraction of sp³-hybridized carbons (Fsp3) is 0.316. The molecule has 0 aliphatic carbocycles. The van der Waals surface area contributed by atoms with E-state index >= 15 is 0 Å². The molecule has 110 valence electrons. The number of carbonyl (C=O) groups excluding carboxylic acids is 1. The summed E-state index contributed by atoms with van der Waals surface area (Å²) in [5.41, 5.74) is 2.88. The first-order chi connectivity index (χ1) is 10.2. The molecule has 1 amide bonds. The van der Waals surface area contributed by atoms with Crippen LogP contribution in [0.3, 0.4) is 0 Å². The van der Waals surface area contributed by atoms with Crippen LogP contribution in [0.25, 0.3) is 0 Å². The molecule has 0 saturated carbocycles. The largest absolute Gasteiger partial charge is 0.322 e. The molecule has 1 atom stereocenters. The molecule has 2 aromatic carbocycles. The van der Waals surface area contributed by atoms with Crippen LogP contribution in [0.4, 0.5) is 5.69 Å². The maximum atomic E-state index is 12.1. The number of rotatable bonds is 6. The quantitative estimate of drug-likeness (QED) is 0.771. The number of hydrogen-bond acceptors (Lipinski definition) is 1. The Morgan fingerprint density at radius 2 is 1.67 bits per heavy atom. The Kier molecular flexibility index (Phi) is 5.56. The summed E-state index contributed by atoms with van der Waals surface area (Å²) in [5, 5.41) is 2.94. The Morgan fingerprint density at radius 3 is 2.24 bits per heavy atom. The lowest BCUT2D eigenvalue weighted by Gasteiger charge is -2.15. The van der Waals surface area contributed by atoms with E-state index < -0.39 is 0 Å². The number of anilines is 1. The van der Waals surface area contributed by atoms with Crippen molar-refractivity contribution in [1.82, 2.24) is 0 Å². The third kappa shape index (κ3) is 4.19. The maximum absolute atomic E-state index is 12.1. The summed E-state index contributed by atoms with van der Waals surface area (Å²) in [6, 6.07) is 17.5. The van der Waals surface area contributed by atoms with Gasteiger partial charge in [-0.15, -0.1) is 0 Å². The molecule has 0 aromatic heterocycles. The Bertz CT molecular complexity index is 560. The van der Waals surface area contributed by atoms with E-state index in [1.807, 2.05) is 42.5 Å². The summed E-state index contributed by atoms with van der Waals surface area (Å²) in [6.07, 6.45) is 3.57. The highest BCUT2D eigenvalue weighted by molar-refractivity contribution is 6.04. The molecule has 1 unspecified atom stereocenters. The van der Waals surface area contributed by atoms with Crippen molar-refractivity contribution in [2.45, 2.75) is 39.0 Å². The van der Waals surface area contributed by atoms with Crippen LogP contribution in [-0.4, -0.2) is 5.91 Å². The molecule has 2 aromatic rings. The van der Waals surface area contributed by atoms with Crippen molar-refractivity contribution in [2.75, 3.05) is 5.32 Å². The first kappa shape index (κ1) is 15.3. The minimum atomic E-state index is -0.0658. The number of nitrogens with one attached hydrogen (secondary N) is 1. The van der Waals surface area contributed by atoms with Gasteiger partial charge in [-0.3, -0.25) is 4.79 Å². The molecule has 0 aliphatic rings. The first-order valence-corrected chi connectivity index (χ1v) is 7.71. The maximum Gasteiger partial charge on any atom is 0.255 e. The minimum Gasteiger partial charge on any atom is -0.322 e. The molecule has 0 fully saturated rings. The van der Waals surface area contributed by atoms with E-state index in [0.717, 1.165) is 12.1 Å². The van der Waals surface area contributed by atoms with E-state index in [-0.39, 0.29) is 5.91 Å². The van der Waals surface area contributed by atoms with Gasteiger partial charge in [-0.2, -0.15) is 0 Å². The van der Waals surface area contributed by atoms with Crippen LogP contribution in [0.15, 0.2) is 54.6 Å². The SMILES string of the molecule is CCCC(CC)c1ccc(NC(=O)c2ccccc2)cc1. The highest BCUT2D eigenvalue weighted by Crippen LogP contribution is 2.25. The van der Waals surface area contributed by atoms with Crippen molar-refractivity contribution >= 4 is 11.6 Å². The van der Waals surface area contributed by atoms with Crippen LogP contribution in [0.1, 0.15) is 54.9 Å². The second kappa shape index (κ2) is 7.63. The third-order valence-corrected chi connectivity index (χ3v) is 3.81. The van der Waals surface area contributed by atoms with Crippen LogP contribution in [0, 0.1) is 0 Å². The lowest BCUT2D eigenvalue weighted by atomic mass is 9.92. The Morgan fingerprint density at radius 1 is 1.00 bits per heavy atom. The summed E-state index contributed by atoms with van der Waals surface area (Å²) in [5.74, 6) is 0.554. The van der Waals surface area contributed by atoms with E-state index in [9.17, 15) is 4.79 Å². The fourth-order valence-corrected chi connectivity index (χ4v) is 2.59. The molecule has 0 bridgehead atoms. The second-order valence-corrected chi connectivity index (χ2v) is 5.34. The predicted molar refractivity (Wildman–Crippen MR) is 88.8 cm³/mol. The monoisotopic (exact) mass is 281 g/mol. The van der Waals surface area contributed by atoms with Gasteiger partial charge in [0, 0.05) is 11.3 Å². The average Bonchev–Trinajstić information content (AvgIpc) is 2.54. The summed E-state index contributed by atoms with van der Waals surface area (Å²) < 4.78 is 0. The smallest absolute Gasteiger partial charge is 0.255 e. The van der Waals surface area contributed by atoms with Gasteiger partial charge in [0.15, 0.2) is 0 Å². The Hall–Kier alpha value is -2.09. The minimum absolute atomic E-state index is 0.0658. The molecule has 0 radical (unpaired) electrons. The van der Waals surface area contributed by atoms with Crippen LogP contribution < -0.4 is 5.32 Å². The topological polar surface area (TPSA) is 29.1 Å². The lowest BCUT2D eigenvalue weighted by molar-refractivity contribution is 0.102. The highest BCUT2D eigenvalue weighted by Gasteiger charge is 2.09. The van der Waals surface area contributed by atoms with Gasteiger partial charge in [0.2, 0.25) is 0 Å². The van der Waals surface area contributed by atoms with E-state index in [1.54, 1.807) is 0 Å². The molecule has 2 heteroatoms. The summed E-state index contributed by atoms with van der Waals surface area (Å²) in [6.45, 7) is 4.45. The molecule has 0 spiro atoms. The Labute approximate surface area is 127 Å². The van der Waals surface area contributed by atoms with Crippen molar-refractivity contribution < 1.29 is 4.79 Å². The van der Waals surface area contributed by atoms with E-state index in [1.165, 1.54) is 18.4 Å². The predicted octanol–water partition coefficient (Wildman–Crippen LogP) is 5.23. The second-order valence-electron chi connectivity index (χ2n) is 5.34. The normalized spacial score (nSPS) is 11.9. The van der Waals surface area contributed by atoms with Gasteiger partial charge < -0.3 is 5.32 Å². The van der Waals surface area contributed by atoms with Crippen LogP contribution >= 0.6 is 0 Å². The molecule has 0 heterocycles. The zero-order valence-electron chi connectivity index (χ0n) is 12.8. The standard InChI is InChI=1S/C19H23NO/c1-3-8-15(4-2)16-11-13-18(14-12-16)20-19(21)17-9-6-5-7-10-17/h5-7,9-15H,3-4,8H2,1-2H3,(H,20,21). The summed E-state index contributed by atoms with van der Waals surface area (Å²) in [7, 11) is 0. The first-order valence-electron chi connectivity index (χ1n) is 7.71. The average molecular weight is 281 g/mol. The van der Waals surface area contributed by atoms with Crippen LogP contribution in [0.2, 0.25) is 0 Å². The lowest BCUT2D eigenvalue weighted by Crippen LogP contribution is -2.11. The number of benzene rings is 2. The molecule has 21 heavy (non-hydrogen) atoms. The highest BCUT2D eigenvalue weighted by atomic mass is 16.1. The summed E-state index contributed by atoms with van der Waals surface area (Å²) in [4.78, 5) is 12.1. The van der Waals surface area contributed by atoms with E-state index in [0.29, 0.717) is 11.5 Å². The molecule has 1 N–H and O–H groups in total. The molecule has 2 rings (SSSR count). The van der Waals surface area contributed by atoms with E-state index in [4.69, 9.17) is 0 Å². The van der Waals surface area contributed by atoms with Crippen molar-refractivity contribution in [3.63, 3.8) is 0 Å². The van der Waals surface area contributed by atoms with Crippen molar-refractivity contribution in [1.29, 1.82) is 0 Å². The molecule has 0 saturated heterocycles. The van der Waals surface area contributed by atoms with Crippen molar-refractivity contribution in [2.24, 2.45) is 0 Å².